The maximum Gasteiger partial charge on any atom is 0.416 e. The molecule has 2 aromatic heterocycles. The van der Waals surface area contributed by atoms with Crippen LogP contribution >= 0.6 is 23.5 Å². The minimum Gasteiger partial charge on any atom is -0.455 e. The molecular formula is C40H40F3N7O3S2. The number of amides is 1. The highest BCUT2D eigenvalue weighted by Crippen LogP contribution is 2.40. The molecular weight excluding hydrogens is 748 g/mol. The maximum atomic E-state index is 14.2. The van der Waals surface area contributed by atoms with Gasteiger partial charge >= 0.3 is 12.3 Å². The van der Waals surface area contributed by atoms with Crippen LogP contribution in [0.1, 0.15) is 56.7 Å². The molecule has 6 rings (SSSR count). The fourth-order valence-electron chi connectivity index (χ4n) is 6.14. The van der Waals surface area contributed by atoms with Gasteiger partial charge in [-0.15, -0.1) is 0 Å². The van der Waals surface area contributed by atoms with Crippen LogP contribution in [-0.2, 0) is 17.5 Å². The Labute approximate surface area is 326 Å². The number of nitrogens with one attached hydrogen (secondary N) is 2. The van der Waals surface area contributed by atoms with E-state index in [0.29, 0.717) is 70.0 Å². The lowest BCUT2D eigenvalue weighted by Gasteiger charge is -2.33. The zero-order valence-corrected chi connectivity index (χ0v) is 32.2. The number of ether oxygens (including phenoxy) is 2. The van der Waals surface area contributed by atoms with Crippen molar-refractivity contribution in [3.63, 3.8) is 0 Å². The monoisotopic (exact) mass is 787 g/mol. The van der Waals surface area contributed by atoms with Crippen molar-refractivity contribution in [2.24, 2.45) is 5.92 Å². The average molecular weight is 788 g/mol. The van der Waals surface area contributed by atoms with E-state index < -0.39 is 17.3 Å². The lowest BCUT2D eigenvalue weighted by Crippen LogP contribution is -2.42. The summed E-state index contributed by atoms with van der Waals surface area (Å²) in [4.78, 5) is 23.1. The Balaban J connectivity index is 1.17. The summed E-state index contributed by atoms with van der Waals surface area (Å²) in [5.74, 6) is 1.15. The smallest absolute Gasteiger partial charge is 0.416 e. The molecule has 0 saturated carbocycles. The summed E-state index contributed by atoms with van der Waals surface area (Å²) >= 11 is 2.50. The Morgan fingerprint density at radius 1 is 0.982 bits per heavy atom. The van der Waals surface area contributed by atoms with Crippen LogP contribution in [0.4, 0.5) is 23.1 Å². The number of hydrogen-bond donors (Lipinski definition) is 2. The van der Waals surface area contributed by atoms with E-state index in [2.05, 4.69) is 30.4 Å². The number of likely N-dealkylation sites (tertiary alicyclic amines) is 1. The van der Waals surface area contributed by atoms with Crippen molar-refractivity contribution in [2.75, 3.05) is 24.4 Å². The molecule has 286 valence electrons. The number of nitrogens with zero attached hydrogens (tertiary/aromatic N) is 5. The Morgan fingerprint density at radius 3 is 2.44 bits per heavy atom. The van der Waals surface area contributed by atoms with E-state index in [-0.39, 0.29) is 12.6 Å². The molecule has 0 spiro atoms. The largest absolute Gasteiger partial charge is 0.455 e. The van der Waals surface area contributed by atoms with Crippen LogP contribution in [0.2, 0.25) is 0 Å². The fraction of sp³-hybridized carbons (Fsp3) is 0.325. The lowest BCUT2D eigenvalue weighted by atomic mass is 9.93. The number of aromatic nitrogens is 3. The van der Waals surface area contributed by atoms with Crippen molar-refractivity contribution in [2.45, 2.75) is 63.3 Å². The van der Waals surface area contributed by atoms with Crippen molar-refractivity contribution in [3.8, 4) is 39.8 Å². The minimum atomic E-state index is -4.55. The first-order valence-corrected chi connectivity index (χ1v) is 19.3. The van der Waals surface area contributed by atoms with Gasteiger partial charge in [0, 0.05) is 54.0 Å². The lowest BCUT2D eigenvalue weighted by molar-refractivity contribution is -0.137. The standard InChI is InChI=1S/C40H40F3N7O3S2/c1-39(2,3)53-38(51)50-16-11-26(12-17-50)8-13-46-24-27-18-30(20-32(19-27)40(41,42)43)29-4-6-36(34(22-29)28-9-14-45-15-10-28)52-35-7-5-33(21-31(35)23-44)54-49-37-47-25-48-55-37/h4-7,9-10,14-15,18-22,25-26,46H,8,11-13,16-17,24H2,1-3H3,(H,47,48,49). The van der Waals surface area contributed by atoms with Gasteiger partial charge < -0.3 is 24.4 Å². The number of pyridine rings is 1. The number of nitriles is 1. The Bertz CT molecular complexity index is 2110. The Kier molecular flexibility index (Phi) is 12.6. The molecule has 5 aromatic rings. The van der Waals surface area contributed by atoms with Gasteiger partial charge in [-0.2, -0.15) is 22.8 Å². The Morgan fingerprint density at radius 2 is 1.75 bits per heavy atom. The molecule has 10 nitrogen and oxygen atoms in total. The van der Waals surface area contributed by atoms with Gasteiger partial charge in [0.2, 0.25) is 5.13 Å². The average Bonchev–Trinajstić information content (AvgIpc) is 3.70. The molecule has 0 radical (unpaired) electrons. The molecule has 1 amide bonds. The van der Waals surface area contributed by atoms with Crippen LogP contribution in [0, 0.1) is 17.2 Å². The summed E-state index contributed by atoms with van der Waals surface area (Å²) in [6, 6.07) is 20.3. The number of rotatable bonds is 12. The van der Waals surface area contributed by atoms with Crippen LogP contribution < -0.4 is 14.8 Å². The summed E-state index contributed by atoms with van der Waals surface area (Å²) in [5.41, 5.74) is 1.86. The van der Waals surface area contributed by atoms with Gasteiger partial charge in [0.25, 0.3) is 0 Å². The van der Waals surface area contributed by atoms with Gasteiger partial charge in [0.1, 0.15) is 29.5 Å². The number of anilines is 1. The summed E-state index contributed by atoms with van der Waals surface area (Å²) in [7, 11) is 0. The van der Waals surface area contributed by atoms with Gasteiger partial charge in [0.05, 0.1) is 11.1 Å². The number of halogens is 3. The molecule has 0 bridgehead atoms. The third-order valence-corrected chi connectivity index (χ3v) is 10.4. The predicted molar refractivity (Wildman–Crippen MR) is 208 cm³/mol. The second-order valence-corrected chi connectivity index (χ2v) is 15.7. The van der Waals surface area contributed by atoms with Crippen molar-refractivity contribution in [1.82, 2.24) is 24.6 Å². The van der Waals surface area contributed by atoms with Gasteiger partial charge in [-0.05, 0) is 147 Å². The van der Waals surface area contributed by atoms with Crippen molar-refractivity contribution in [3.05, 3.63) is 102 Å². The van der Waals surface area contributed by atoms with Crippen LogP contribution in [0.15, 0.2) is 90.3 Å². The molecule has 0 unspecified atom stereocenters. The zero-order valence-electron chi connectivity index (χ0n) is 30.5. The summed E-state index contributed by atoms with van der Waals surface area (Å²) < 4.78 is 61.5. The summed E-state index contributed by atoms with van der Waals surface area (Å²) in [6.07, 6.45) is 2.40. The molecule has 3 heterocycles. The number of hydrogen-bond acceptors (Lipinski definition) is 11. The first-order valence-electron chi connectivity index (χ1n) is 17.7. The molecule has 2 N–H and O–H groups in total. The first kappa shape index (κ1) is 39.5. The molecule has 0 atom stereocenters. The quantitative estimate of drug-likeness (QED) is 0.0932. The normalized spacial score (nSPS) is 13.7. The summed E-state index contributed by atoms with van der Waals surface area (Å²) in [5, 5.41) is 13.9. The van der Waals surface area contributed by atoms with Crippen molar-refractivity contribution < 1.29 is 27.4 Å². The van der Waals surface area contributed by atoms with E-state index >= 15 is 0 Å². The molecule has 1 saturated heterocycles. The van der Waals surface area contributed by atoms with Crippen LogP contribution in [-0.4, -0.2) is 50.6 Å². The number of carbonyl (C=O) groups excluding carboxylic acids is 1. The van der Waals surface area contributed by atoms with E-state index in [1.54, 1.807) is 65.8 Å². The van der Waals surface area contributed by atoms with E-state index in [1.807, 2.05) is 26.8 Å². The highest BCUT2D eigenvalue weighted by Gasteiger charge is 2.31. The maximum absolute atomic E-state index is 14.2. The zero-order chi connectivity index (χ0) is 39.0. The minimum absolute atomic E-state index is 0.257. The number of alkyl halides is 3. The predicted octanol–water partition coefficient (Wildman–Crippen LogP) is 10.2. The van der Waals surface area contributed by atoms with E-state index in [4.69, 9.17) is 9.47 Å². The third-order valence-electron chi connectivity index (χ3n) is 8.86. The third kappa shape index (κ3) is 11.0. The molecule has 1 fully saturated rings. The Hall–Kier alpha value is -5.17. The SMILES string of the molecule is CC(C)(C)OC(=O)N1CCC(CCNCc2cc(-c3ccc(Oc4ccc(SNc5ncns5)cc4C#N)c(-c4ccncc4)c3)cc(C(F)(F)F)c2)CC1. The van der Waals surface area contributed by atoms with E-state index in [0.717, 1.165) is 35.8 Å². The summed E-state index contributed by atoms with van der Waals surface area (Å²) in [6.45, 7) is 7.67. The van der Waals surface area contributed by atoms with Crippen molar-refractivity contribution >= 4 is 34.7 Å². The number of piperidine rings is 1. The van der Waals surface area contributed by atoms with Gasteiger partial charge in [0.15, 0.2) is 0 Å². The van der Waals surface area contributed by atoms with E-state index in [9.17, 15) is 23.2 Å². The van der Waals surface area contributed by atoms with Crippen LogP contribution in [0.25, 0.3) is 22.3 Å². The first-order chi connectivity index (χ1) is 26.3. The highest BCUT2D eigenvalue weighted by molar-refractivity contribution is 8.00. The molecule has 15 heteroatoms. The van der Waals surface area contributed by atoms with E-state index in [1.165, 1.54) is 35.9 Å². The number of benzene rings is 3. The topological polar surface area (TPSA) is 125 Å². The van der Waals surface area contributed by atoms with Gasteiger partial charge in [-0.1, -0.05) is 6.07 Å². The van der Waals surface area contributed by atoms with Crippen LogP contribution in [0.5, 0.6) is 11.5 Å². The molecule has 3 aromatic carbocycles. The molecule has 0 aliphatic carbocycles. The second-order valence-electron chi connectivity index (χ2n) is 14.1. The number of carbonyl (C=O) groups is 1. The van der Waals surface area contributed by atoms with Gasteiger partial charge in [-0.25, -0.2) is 9.78 Å². The molecule has 1 aliphatic rings. The van der Waals surface area contributed by atoms with Gasteiger partial charge in [-0.3, -0.25) is 4.98 Å². The highest BCUT2D eigenvalue weighted by atomic mass is 32.2. The fourth-order valence-corrected chi connectivity index (χ4v) is 7.27. The van der Waals surface area contributed by atoms with Crippen molar-refractivity contribution in [1.29, 1.82) is 5.26 Å². The van der Waals surface area contributed by atoms with Crippen LogP contribution in [0.3, 0.4) is 0 Å². The second kappa shape index (κ2) is 17.5. The molecule has 1 aliphatic heterocycles. The molecule has 55 heavy (non-hydrogen) atoms.